The maximum absolute atomic E-state index is 14.8. The van der Waals surface area contributed by atoms with Gasteiger partial charge in [-0.3, -0.25) is 9.25 Å². The fourth-order valence-corrected chi connectivity index (χ4v) is 4.46. The van der Waals surface area contributed by atoms with Gasteiger partial charge in [0.2, 0.25) is 5.82 Å². The van der Waals surface area contributed by atoms with E-state index in [1.807, 2.05) is 0 Å². The van der Waals surface area contributed by atoms with Gasteiger partial charge in [0.25, 0.3) is 0 Å². The van der Waals surface area contributed by atoms with E-state index in [-0.39, 0.29) is 17.9 Å². The normalized spacial score (nSPS) is 16.1. The standard InChI is InChI=1S/C21H17F5N8/c1-32-16(2-5-28-32)29-15-7-12(13(22)8-27-15)11-6-14-17-30-31-19(21(25,26)18(23)24)34(17)20(3-4-20)10-33(14)9-11/h2,5-9,18H,3-4,10H2,1H3,(H,27,29). The molecular formula is C21H17F5N8. The SMILES string of the molecule is Cn1nccc1Nc1cc(-c2cc3n(c2)CC2(CC2)n2c-3nnc2C(F)(F)C(F)F)c(F)cn1. The van der Waals surface area contributed by atoms with Gasteiger partial charge in [0.1, 0.15) is 17.5 Å². The first kappa shape index (κ1) is 20.8. The second kappa shape index (κ2) is 6.87. The molecule has 4 aromatic rings. The van der Waals surface area contributed by atoms with Crippen molar-refractivity contribution in [2.24, 2.45) is 7.05 Å². The first-order valence-corrected chi connectivity index (χ1v) is 10.4. The number of halogens is 5. The van der Waals surface area contributed by atoms with E-state index in [2.05, 4.69) is 25.6 Å². The van der Waals surface area contributed by atoms with E-state index in [1.54, 1.807) is 40.8 Å². The van der Waals surface area contributed by atoms with Crippen LogP contribution in [-0.4, -0.2) is 40.5 Å². The number of pyridine rings is 1. The molecule has 1 aliphatic carbocycles. The highest BCUT2D eigenvalue weighted by Crippen LogP contribution is 2.53. The van der Waals surface area contributed by atoms with Gasteiger partial charge in [0.15, 0.2) is 5.82 Å². The summed E-state index contributed by atoms with van der Waals surface area (Å²) in [7, 11) is 1.74. The Morgan fingerprint density at radius 2 is 1.97 bits per heavy atom. The number of nitrogens with zero attached hydrogens (tertiary/aromatic N) is 7. The summed E-state index contributed by atoms with van der Waals surface area (Å²) < 4.78 is 74.0. The Bertz CT molecular complexity index is 1410. The average molecular weight is 476 g/mol. The molecule has 0 atom stereocenters. The lowest BCUT2D eigenvalue weighted by atomic mass is 10.1. The van der Waals surface area contributed by atoms with Crippen LogP contribution in [0.5, 0.6) is 0 Å². The Balaban J connectivity index is 1.43. The molecular weight excluding hydrogens is 459 g/mol. The van der Waals surface area contributed by atoms with Gasteiger partial charge < -0.3 is 9.88 Å². The first-order valence-electron chi connectivity index (χ1n) is 10.4. The van der Waals surface area contributed by atoms with E-state index in [4.69, 9.17) is 0 Å². The lowest BCUT2D eigenvalue weighted by molar-refractivity contribution is -0.144. The molecule has 34 heavy (non-hydrogen) atoms. The van der Waals surface area contributed by atoms with E-state index >= 15 is 0 Å². The molecule has 8 nitrogen and oxygen atoms in total. The van der Waals surface area contributed by atoms with Crippen molar-refractivity contribution in [3.63, 3.8) is 0 Å². The number of hydrogen-bond acceptors (Lipinski definition) is 5. The van der Waals surface area contributed by atoms with Crippen molar-refractivity contribution in [3.05, 3.63) is 48.4 Å². The molecule has 1 fully saturated rings. The van der Waals surface area contributed by atoms with Gasteiger partial charge in [0.05, 0.1) is 23.6 Å². The zero-order chi connectivity index (χ0) is 23.8. The minimum absolute atomic E-state index is 0.0630. The van der Waals surface area contributed by atoms with Gasteiger partial charge in [0, 0.05) is 37.0 Å². The van der Waals surface area contributed by atoms with E-state index in [0.717, 1.165) is 10.8 Å². The summed E-state index contributed by atoms with van der Waals surface area (Å²) in [6.07, 6.45) is 1.53. The smallest absolute Gasteiger partial charge is 0.342 e. The zero-order valence-corrected chi connectivity index (χ0v) is 17.7. The summed E-state index contributed by atoms with van der Waals surface area (Å²) in [6, 6.07) is 4.85. The highest BCUT2D eigenvalue weighted by atomic mass is 19.3. The van der Waals surface area contributed by atoms with Crippen molar-refractivity contribution in [1.82, 2.24) is 34.1 Å². The van der Waals surface area contributed by atoms with Crippen LogP contribution in [0.3, 0.4) is 0 Å². The van der Waals surface area contributed by atoms with Crippen molar-refractivity contribution < 1.29 is 22.0 Å². The Labute approximate surface area is 189 Å². The van der Waals surface area contributed by atoms with Crippen LogP contribution in [0, 0.1) is 5.82 Å². The Morgan fingerprint density at radius 3 is 2.65 bits per heavy atom. The van der Waals surface area contributed by atoms with Crippen molar-refractivity contribution >= 4 is 11.6 Å². The summed E-state index contributed by atoms with van der Waals surface area (Å²) in [5.74, 6) is -4.95. The van der Waals surface area contributed by atoms with Gasteiger partial charge in [-0.2, -0.15) is 13.9 Å². The number of fused-ring (bicyclic) bond motifs is 4. The lowest BCUT2D eigenvalue weighted by Crippen LogP contribution is -2.36. The van der Waals surface area contributed by atoms with Crippen LogP contribution >= 0.6 is 0 Å². The quantitative estimate of drug-likeness (QED) is 0.435. The fraction of sp³-hybridized carbons (Fsp3) is 0.333. The topological polar surface area (TPSA) is 78.4 Å². The number of alkyl halides is 4. The van der Waals surface area contributed by atoms with Gasteiger partial charge in [-0.05, 0) is 25.0 Å². The Kier molecular flexibility index (Phi) is 4.20. The number of nitrogens with one attached hydrogen (secondary N) is 1. The third-order valence-corrected chi connectivity index (χ3v) is 6.37. The number of aromatic nitrogens is 7. The molecule has 1 aliphatic heterocycles. The van der Waals surface area contributed by atoms with Crippen LogP contribution in [0.15, 0.2) is 36.8 Å². The van der Waals surface area contributed by atoms with Crippen LogP contribution in [0.1, 0.15) is 18.7 Å². The molecule has 2 aliphatic rings. The number of anilines is 2. The van der Waals surface area contributed by atoms with Gasteiger partial charge >= 0.3 is 12.3 Å². The highest BCUT2D eigenvalue weighted by molar-refractivity contribution is 5.73. The minimum Gasteiger partial charge on any atom is -0.342 e. The average Bonchev–Trinajstić information content (AvgIpc) is 3.13. The predicted molar refractivity (Wildman–Crippen MR) is 110 cm³/mol. The van der Waals surface area contributed by atoms with E-state index in [0.29, 0.717) is 35.7 Å². The molecule has 0 bridgehead atoms. The molecule has 0 saturated heterocycles. The van der Waals surface area contributed by atoms with E-state index < -0.39 is 29.5 Å². The molecule has 1 N–H and O–H groups in total. The molecule has 5 heterocycles. The van der Waals surface area contributed by atoms with E-state index in [1.165, 1.54) is 6.07 Å². The van der Waals surface area contributed by atoms with Crippen molar-refractivity contribution in [3.8, 4) is 22.6 Å². The molecule has 1 spiro atoms. The molecule has 0 amide bonds. The molecule has 0 radical (unpaired) electrons. The van der Waals surface area contributed by atoms with Crippen LogP contribution < -0.4 is 5.32 Å². The van der Waals surface area contributed by atoms with Crippen LogP contribution in [0.25, 0.3) is 22.6 Å². The second-order valence-corrected chi connectivity index (χ2v) is 8.59. The Hall–Kier alpha value is -3.77. The molecule has 4 aromatic heterocycles. The third kappa shape index (κ3) is 2.95. The summed E-state index contributed by atoms with van der Waals surface area (Å²) in [4.78, 5) is 4.06. The van der Waals surface area contributed by atoms with Crippen LogP contribution in [0.2, 0.25) is 0 Å². The summed E-state index contributed by atoms with van der Waals surface area (Å²) in [5.41, 5.74) is 0.306. The fourth-order valence-electron chi connectivity index (χ4n) is 4.46. The van der Waals surface area contributed by atoms with Crippen molar-refractivity contribution in [1.29, 1.82) is 0 Å². The van der Waals surface area contributed by atoms with E-state index in [9.17, 15) is 22.0 Å². The van der Waals surface area contributed by atoms with Gasteiger partial charge in [-0.15, -0.1) is 10.2 Å². The second-order valence-electron chi connectivity index (χ2n) is 8.59. The van der Waals surface area contributed by atoms with Crippen LogP contribution in [0.4, 0.5) is 33.6 Å². The van der Waals surface area contributed by atoms with Gasteiger partial charge in [-0.25, -0.2) is 18.2 Å². The molecule has 1 saturated carbocycles. The molecule has 13 heteroatoms. The first-order chi connectivity index (χ1) is 16.2. The largest absolute Gasteiger partial charge is 0.365 e. The van der Waals surface area contributed by atoms with Crippen molar-refractivity contribution in [2.45, 2.75) is 37.3 Å². The maximum Gasteiger partial charge on any atom is 0.365 e. The third-order valence-electron chi connectivity index (χ3n) is 6.37. The van der Waals surface area contributed by atoms with Crippen LogP contribution in [-0.2, 0) is 25.1 Å². The summed E-state index contributed by atoms with van der Waals surface area (Å²) in [5, 5.41) is 14.4. The molecule has 176 valence electrons. The maximum atomic E-state index is 14.8. The summed E-state index contributed by atoms with van der Waals surface area (Å²) in [6.45, 7) is 0.270. The zero-order valence-electron chi connectivity index (χ0n) is 17.7. The minimum atomic E-state index is -4.43. The predicted octanol–water partition coefficient (Wildman–Crippen LogP) is 4.28. The van der Waals surface area contributed by atoms with Crippen molar-refractivity contribution in [2.75, 3.05) is 5.32 Å². The number of aryl methyl sites for hydroxylation is 1. The number of hydrogen-bond donors (Lipinski definition) is 1. The highest BCUT2D eigenvalue weighted by Gasteiger charge is 2.57. The molecule has 6 rings (SSSR count). The Morgan fingerprint density at radius 1 is 1.18 bits per heavy atom. The molecule has 0 unspecified atom stereocenters. The lowest BCUT2D eigenvalue weighted by Gasteiger charge is -2.29. The molecule has 0 aromatic carbocycles. The summed E-state index contributed by atoms with van der Waals surface area (Å²) >= 11 is 0. The number of rotatable bonds is 5. The monoisotopic (exact) mass is 476 g/mol. The van der Waals surface area contributed by atoms with Gasteiger partial charge in [-0.1, -0.05) is 0 Å².